The van der Waals surface area contributed by atoms with Crippen LogP contribution in [0, 0.1) is 5.82 Å². The first-order valence-electron chi connectivity index (χ1n) is 4.98. The monoisotopic (exact) mass is 275 g/mol. The summed E-state index contributed by atoms with van der Waals surface area (Å²) in [6.07, 6.45) is 0.982. The van der Waals surface area contributed by atoms with Gasteiger partial charge >= 0.3 is 0 Å². The highest BCUT2D eigenvalue weighted by atomic mass is 79.9. The Morgan fingerprint density at radius 3 is 2.80 bits per heavy atom. The standard InChI is InChI=1S/C11H15BrFNO/c1-2-5-14-11(7-15)8-3-4-9(12)10(13)6-8/h3-4,6,11,14-15H,2,5,7H2,1H3. The van der Waals surface area contributed by atoms with Crippen molar-refractivity contribution in [1.82, 2.24) is 5.32 Å². The zero-order valence-corrected chi connectivity index (χ0v) is 10.2. The molecule has 2 nitrogen and oxygen atoms in total. The molecule has 15 heavy (non-hydrogen) atoms. The van der Waals surface area contributed by atoms with Crippen LogP contribution in [0.2, 0.25) is 0 Å². The summed E-state index contributed by atoms with van der Waals surface area (Å²) in [6.45, 7) is 2.83. The van der Waals surface area contributed by atoms with Crippen molar-refractivity contribution in [2.75, 3.05) is 13.2 Å². The molecule has 0 aromatic heterocycles. The summed E-state index contributed by atoms with van der Waals surface area (Å²) in [7, 11) is 0. The van der Waals surface area contributed by atoms with Crippen LogP contribution in [0.1, 0.15) is 24.9 Å². The van der Waals surface area contributed by atoms with E-state index >= 15 is 0 Å². The topological polar surface area (TPSA) is 32.3 Å². The van der Waals surface area contributed by atoms with Gasteiger partial charge in [0.25, 0.3) is 0 Å². The summed E-state index contributed by atoms with van der Waals surface area (Å²) in [5.74, 6) is -0.302. The summed E-state index contributed by atoms with van der Waals surface area (Å²) in [5.41, 5.74) is 0.770. The molecule has 0 bridgehead atoms. The van der Waals surface area contributed by atoms with Crippen LogP contribution in [0.5, 0.6) is 0 Å². The highest BCUT2D eigenvalue weighted by Gasteiger charge is 2.10. The summed E-state index contributed by atoms with van der Waals surface area (Å²) in [4.78, 5) is 0. The molecule has 0 saturated heterocycles. The lowest BCUT2D eigenvalue weighted by Crippen LogP contribution is -2.25. The fourth-order valence-electron chi connectivity index (χ4n) is 1.34. The molecule has 0 aliphatic heterocycles. The van der Waals surface area contributed by atoms with Gasteiger partial charge in [-0.3, -0.25) is 0 Å². The lowest BCUT2D eigenvalue weighted by Gasteiger charge is -2.16. The van der Waals surface area contributed by atoms with Gasteiger partial charge in [0.05, 0.1) is 17.1 Å². The van der Waals surface area contributed by atoms with E-state index in [2.05, 4.69) is 21.2 Å². The van der Waals surface area contributed by atoms with Gasteiger partial charge in [-0.15, -0.1) is 0 Å². The van der Waals surface area contributed by atoms with Crippen LogP contribution in [0.4, 0.5) is 4.39 Å². The van der Waals surface area contributed by atoms with E-state index in [0.717, 1.165) is 18.5 Å². The number of rotatable bonds is 5. The van der Waals surface area contributed by atoms with Crippen molar-refractivity contribution < 1.29 is 9.50 Å². The fraction of sp³-hybridized carbons (Fsp3) is 0.455. The first kappa shape index (κ1) is 12.6. The number of aliphatic hydroxyl groups excluding tert-OH is 1. The van der Waals surface area contributed by atoms with E-state index in [9.17, 15) is 4.39 Å². The highest BCUT2D eigenvalue weighted by molar-refractivity contribution is 9.10. The van der Waals surface area contributed by atoms with Gasteiger partial charge in [-0.2, -0.15) is 0 Å². The molecular weight excluding hydrogens is 261 g/mol. The highest BCUT2D eigenvalue weighted by Crippen LogP contribution is 2.20. The molecule has 0 aliphatic carbocycles. The van der Waals surface area contributed by atoms with Crippen LogP contribution < -0.4 is 5.32 Å². The Balaban J connectivity index is 2.78. The Hall–Kier alpha value is -0.450. The van der Waals surface area contributed by atoms with Gasteiger partial charge < -0.3 is 10.4 Å². The Morgan fingerprint density at radius 1 is 1.53 bits per heavy atom. The second kappa shape index (κ2) is 6.20. The van der Waals surface area contributed by atoms with E-state index in [-0.39, 0.29) is 18.5 Å². The number of aliphatic hydroxyl groups is 1. The normalized spacial score (nSPS) is 12.8. The maximum absolute atomic E-state index is 13.2. The molecule has 0 spiro atoms. The van der Waals surface area contributed by atoms with Gasteiger partial charge in [0.15, 0.2) is 0 Å². The van der Waals surface area contributed by atoms with E-state index in [1.807, 2.05) is 6.92 Å². The van der Waals surface area contributed by atoms with E-state index in [1.165, 1.54) is 6.07 Å². The Morgan fingerprint density at radius 2 is 2.27 bits per heavy atom. The zero-order valence-electron chi connectivity index (χ0n) is 8.63. The quantitative estimate of drug-likeness (QED) is 0.866. The lowest BCUT2D eigenvalue weighted by atomic mass is 10.1. The molecule has 0 fully saturated rings. The molecule has 0 saturated carbocycles. The Kier molecular flexibility index (Phi) is 5.22. The molecule has 1 aromatic carbocycles. The predicted octanol–water partition coefficient (Wildman–Crippen LogP) is 2.62. The Bertz CT molecular complexity index is 319. The predicted molar refractivity (Wildman–Crippen MR) is 62.2 cm³/mol. The number of halogens is 2. The van der Waals surface area contributed by atoms with Crippen molar-refractivity contribution in [2.24, 2.45) is 0 Å². The number of hydrogen-bond acceptors (Lipinski definition) is 2. The van der Waals surface area contributed by atoms with Gasteiger partial charge in [0.2, 0.25) is 0 Å². The first-order valence-corrected chi connectivity index (χ1v) is 5.77. The number of hydrogen-bond donors (Lipinski definition) is 2. The van der Waals surface area contributed by atoms with Crippen LogP contribution >= 0.6 is 15.9 Å². The third-order valence-corrected chi connectivity index (χ3v) is 2.81. The van der Waals surface area contributed by atoms with E-state index < -0.39 is 0 Å². The molecule has 1 rings (SSSR count). The first-order chi connectivity index (χ1) is 7.19. The number of benzene rings is 1. The minimum absolute atomic E-state index is 0.0267. The van der Waals surface area contributed by atoms with E-state index in [0.29, 0.717) is 4.47 Å². The van der Waals surface area contributed by atoms with Gasteiger partial charge in [-0.1, -0.05) is 13.0 Å². The maximum Gasteiger partial charge on any atom is 0.137 e. The van der Waals surface area contributed by atoms with Gasteiger partial charge in [0.1, 0.15) is 5.82 Å². The zero-order chi connectivity index (χ0) is 11.3. The van der Waals surface area contributed by atoms with Crippen LogP contribution in [-0.4, -0.2) is 18.3 Å². The van der Waals surface area contributed by atoms with Crippen molar-refractivity contribution in [3.63, 3.8) is 0 Å². The van der Waals surface area contributed by atoms with Crippen LogP contribution in [-0.2, 0) is 0 Å². The number of nitrogens with one attached hydrogen (secondary N) is 1. The van der Waals surface area contributed by atoms with E-state index in [1.54, 1.807) is 12.1 Å². The smallest absolute Gasteiger partial charge is 0.137 e. The van der Waals surface area contributed by atoms with Crippen molar-refractivity contribution in [3.05, 3.63) is 34.1 Å². The van der Waals surface area contributed by atoms with Crippen LogP contribution in [0.3, 0.4) is 0 Å². The van der Waals surface area contributed by atoms with Crippen molar-refractivity contribution in [2.45, 2.75) is 19.4 Å². The third kappa shape index (κ3) is 3.55. The minimum Gasteiger partial charge on any atom is -0.394 e. The van der Waals surface area contributed by atoms with Crippen molar-refractivity contribution in [3.8, 4) is 0 Å². The molecule has 2 N–H and O–H groups in total. The molecule has 1 atom stereocenters. The molecule has 0 radical (unpaired) electrons. The minimum atomic E-state index is -0.302. The maximum atomic E-state index is 13.2. The van der Waals surface area contributed by atoms with Crippen LogP contribution in [0.25, 0.3) is 0 Å². The SMILES string of the molecule is CCCNC(CO)c1ccc(Br)c(F)c1. The fourth-order valence-corrected chi connectivity index (χ4v) is 1.58. The van der Waals surface area contributed by atoms with Crippen LogP contribution in [0.15, 0.2) is 22.7 Å². The average Bonchev–Trinajstić information content (AvgIpc) is 2.24. The second-order valence-corrected chi connectivity index (χ2v) is 4.22. The third-order valence-electron chi connectivity index (χ3n) is 2.17. The molecule has 0 heterocycles. The molecule has 0 amide bonds. The molecule has 4 heteroatoms. The average molecular weight is 276 g/mol. The molecule has 84 valence electrons. The van der Waals surface area contributed by atoms with Gasteiger partial charge in [0, 0.05) is 0 Å². The van der Waals surface area contributed by atoms with Crippen molar-refractivity contribution >= 4 is 15.9 Å². The van der Waals surface area contributed by atoms with E-state index in [4.69, 9.17) is 5.11 Å². The summed E-state index contributed by atoms with van der Waals surface area (Å²) in [5, 5.41) is 12.3. The molecule has 1 aromatic rings. The summed E-state index contributed by atoms with van der Waals surface area (Å²) >= 11 is 3.10. The molecular formula is C11H15BrFNO. The van der Waals surface area contributed by atoms with Gasteiger partial charge in [-0.05, 0) is 46.6 Å². The largest absolute Gasteiger partial charge is 0.394 e. The molecule has 0 aliphatic rings. The second-order valence-electron chi connectivity index (χ2n) is 3.36. The van der Waals surface area contributed by atoms with Crippen molar-refractivity contribution in [1.29, 1.82) is 0 Å². The summed E-state index contributed by atoms with van der Waals surface area (Å²) < 4.78 is 13.7. The Labute approximate surface area is 97.6 Å². The lowest BCUT2D eigenvalue weighted by molar-refractivity contribution is 0.244. The van der Waals surface area contributed by atoms with Gasteiger partial charge in [-0.25, -0.2) is 4.39 Å². The summed E-state index contributed by atoms with van der Waals surface area (Å²) in [6, 6.07) is 4.71. The molecule has 1 unspecified atom stereocenters.